The number of hydrogen-bond donors (Lipinski definition) is 2. The van der Waals surface area contributed by atoms with Crippen molar-refractivity contribution in [3.05, 3.63) is 54.2 Å². The number of carbonyl (C=O) groups excluding carboxylic acids is 1. The minimum Gasteiger partial charge on any atom is -0.338 e. The number of rotatable bonds is 10. The van der Waals surface area contributed by atoms with Gasteiger partial charge < -0.3 is 10.6 Å². The summed E-state index contributed by atoms with van der Waals surface area (Å²) in [4.78, 5) is 16.3. The Morgan fingerprint density at radius 3 is 2.75 bits per heavy atom. The summed E-state index contributed by atoms with van der Waals surface area (Å²) in [6.07, 6.45) is 2.31. The van der Waals surface area contributed by atoms with Gasteiger partial charge in [-0.1, -0.05) is 18.2 Å². The summed E-state index contributed by atoms with van der Waals surface area (Å²) >= 11 is 1.63. The Hall–Kier alpha value is -2.10. The number of pyridine rings is 1. The maximum atomic E-state index is 12.0. The molecule has 0 saturated heterocycles. The molecular formula is C19H26N4O3S2. The monoisotopic (exact) mass is 422 g/mol. The van der Waals surface area contributed by atoms with Crippen molar-refractivity contribution in [3.8, 4) is 0 Å². The van der Waals surface area contributed by atoms with E-state index in [1.165, 1.54) is 4.31 Å². The van der Waals surface area contributed by atoms with Crippen molar-refractivity contribution in [1.82, 2.24) is 14.6 Å². The molecule has 1 aromatic heterocycles. The van der Waals surface area contributed by atoms with Crippen molar-refractivity contribution in [1.29, 1.82) is 0 Å². The maximum Gasteiger partial charge on any atom is 0.319 e. The van der Waals surface area contributed by atoms with Gasteiger partial charge in [0.25, 0.3) is 0 Å². The van der Waals surface area contributed by atoms with Gasteiger partial charge in [-0.15, -0.1) is 11.8 Å². The van der Waals surface area contributed by atoms with Crippen LogP contribution in [0.25, 0.3) is 0 Å². The fourth-order valence-electron chi connectivity index (χ4n) is 2.37. The van der Waals surface area contributed by atoms with E-state index >= 15 is 0 Å². The Morgan fingerprint density at radius 1 is 1.21 bits per heavy atom. The molecule has 7 nitrogen and oxygen atoms in total. The standard InChI is InChI=1S/C19H26N4O3S2/c1-3-28(25,26)23(2)13-7-12-21-19(24)22-17-9-6-8-16(14-17)15-27-18-10-4-5-11-20-18/h4-6,8-11,14H,3,7,12-13,15H2,1-2H3,(H2,21,22,24). The Balaban J connectivity index is 1.74. The molecule has 0 radical (unpaired) electrons. The van der Waals surface area contributed by atoms with Crippen molar-refractivity contribution in [3.63, 3.8) is 0 Å². The predicted octanol–water partition coefficient (Wildman–Crippen LogP) is 3.17. The Kier molecular flexibility index (Phi) is 8.75. The van der Waals surface area contributed by atoms with Gasteiger partial charge in [0.1, 0.15) is 0 Å². The summed E-state index contributed by atoms with van der Waals surface area (Å²) in [6.45, 7) is 2.38. The van der Waals surface area contributed by atoms with Gasteiger partial charge in [0.15, 0.2) is 0 Å². The second-order valence-electron chi connectivity index (χ2n) is 6.11. The van der Waals surface area contributed by atoms with Crippen LogP contribution in [0.2, 0.25) is 0 Å². The summed E-state index contributed by atoms with van der Waals surface area (Å²) in [5, 5.41) is 6.50. The zero-order valence-corrected chi connectivity index (χ0v) is 17.7. The molecule has 2 N–H and O–H groups in total. The number of thioether (sulfide) groups is 1. The normalized spacial score (nSPS) is 11.4. The highest BCUT2D eigenvalue weighted by Crippen LogP contribution is 2.22. The first-order chi connectivity index (χ1) is 13.4. The van der Waals surface area contributed by atoms with E-state index in [0.717, 1.165) is 16.3 Å². The third-order valence-electron chi connectivity index (χ3n) is 3.98. The predicted molar refractivity (Wildman–Crippen MR) is 114 cm³/mol. The lowest BCUT2D eigenvalue weighted by Gasteiger charge is -2.16. The van der Waals surface area contributed by atoms with E-state index < -0.39 is 10.0 Å². The molecule has 1 heterocycles. The van der Waals surface area contributed by atoms with Crippen LogP contribution in [0.5, 0.6) is 0 Å². The molecular weight excluding hydrogens is 396 g/mol. The highest BCUT2D eigenvalue weighted by Gasteiger charge is 2.14. The quantitative estimate of drug-likeness (QED) is 0.453. The van der Waals surface area contributed by atoms with Gasteiger partial charge >= 0.3 is 6.03 Å². The molecule has 0 fully saturated rings. The molecule has 2 aromatic rings. The highest BCUT2D eigenvalue weighted by atomic mass is 32.2. The molecule has 0 bridgehead atoms. The van der Waals surface area contributed by atoms with Crippen LogP contribution in [0.1, 0.15) is 18.9 Å². The van der Waals surface area contributed by atoms with Crippen molar-refractivity contribution in [2.45, 2.75) is 24.1 Å². The van der Waals surface area contributed by atoms with Gasteiger partial charge in [0.05, 0.1) is 10.8 Å². The topological polar surface area (TPSA) is 91.4 Å². The van der Waals surface area contributed by atoms with E-state index in [9.17, 15) is 13.2 Å². The van der Waals surface area contributed by atoms with Gasteiger partial charge in [-0.05, 0) is 43.2 Å². The van der Waals surface area contributed by atoms with Crippen molar-refractivity contribution in [2.75, 3.05) is 31.2 Å². The first kappa shape index (κ1) is 22.2. The molecule has 2 amide bonds. The smallest absolute Gasteiger partial charge is 0.319 e. The maximum absolute atomic E-state index is 12.0. The van der Waals surface area contributed by atoms with Gasteiger partial charge in [-0.2, -0.15) is 0 Å². The van der Waals surface area contributed by atoms with Crippen LogP contribution in [0, 0.1) is 0 Å². The SMILES string of the molecule is CCS(=O)(=O)N(C)CCCNC(=O)Nc1cccc(CSc2ccccn2)c1. The molecule has 0 atom stereocenters. The summed E-state index contributed by atoms with van der Waals surface area (Å²) in [7, 11) is -1.63. The number of carbonyl (C=O) groups is 1. The summed E-state index contributed by atoms with van der Waals surface area (Å²) in [5.41, 5.74) is 1.79. The molecule has 2 rings (SSSR count). The largest absolute Gasteiger partial charge is 0.338 e. The molecule has 9 heteroatoms. The van der Waals surface area contributed by atoms with Crippen LogP contribution in [-0.2, 0) is 15.8 Å². The Labute approximate surface area is 171 Å². The molecule has 152 valence electrons. The molecule has 0 aliphatic heterocycles. The minimum atomic E-state index is -3.18. The van der Waals surface area contributed by atoms with Gasteiger partial charge in [0.2, 0.25) is 10.0 Å². The average Bonchev–Trinajstić information content (AvgIpc) is 2.70. The number of sulfonamides is 1. The lowest BCUT2D eigenvalue weighted by atomic mass is 10.2. The van der Waals surface area contributed by atoms with E-state index in [4.69, 9.17) is 0 Å². The van der Waals surface area contributed by atoms with Crippen LogP contribution in [0.3, 0.4) is 0 Å². The number of anilines is 1. The van der Waals surface area contributed by atoms with Crippen LogP contribution >= 0.6 is 11.8 Å². The van der Waals surface area contributed by atoms with E-state index in [1.807, 2.05) is 42.5 Å². The fraction of sp³-hybridized carbons (Fsp3) is 0.368. The number of urea groups is 1. The van der Waals surface area contributed by atoms with Crippen molar-refractivity contribution >= 4 is 33.5 Å². The number of nitrogens with zero attached hydrogens (tertiary/aromatic N) is 2. The van der Waals surface area contributed by atoms with E-state index in [2.05, 4.69) is 15.6 Å². The summed E-state index contributed by atoms with van der Waals surface area (Å²) in [6, 6.07) is 13.1. The van der Waals surface area contributed by atoms with Crippen LogP contribution < -0.4 is 10.6 Å². The lowest BCUT2D eigenvalue weighted by molar-refractivity contribution is 0.251. The van der Waals surface area contributed by atoms with E-state index in [1.54, 1.807) is 31.9 Å². The number of nitrogens with one attached hydrogen (secondary N) is 2. The number of benzene rings is 1. The second-order valence-corrected chi connectivity index (χ2v) is 9.47. The van der Waals surface area contributed by atoms with Crippen molar-refractivity contribution in [2.24, 2.45) is 0 Å². The molecule has 1 aromatic carbocycles. The molecule has 28 heavy (non-hydrogen) atoms. The van der Waals surface area contributed by atoms with Crippen molar-refractivity contribution < 1.29 is 13.2 Å². The number of aromatic nitrogens is 1. The van der Waals surface area contributed by atoms with Gasteiger partial charge in [0, 0.05) is 37.8 Å². The molecule has 0 aliphatic carbocycles. The highest BCUT2D eigenvalue weighted by molar-refractivity contribution is 7.98. The summed E-state index contributed by atoms with van der Waals surface area (Å²) < 4.78 is 24.6. The van der Waals surface area contributed by atoms with Crippen LogP contribution in [-0.4, -0.2) is 49.6 Å². The number of amides is 2. The van der Waals surface area contributed by atoms with Crippen LogP contribution in [0.4, 0.5) is 10.5 Å². The van der Waals surface area contributed by atoms with Gasteiger partial charge in [-0.25, -0.2) is 22.5 Å². The fourth-order valence-corrected chi connectivity index (χ4v) is 4.02. The van der Waals surface area contributed by atoms with Crippen LogP contribution in [0.15, 0.2) is 53.7 Å². The van der Waals surface area contributed by atoms with E-state index in [-0.39, 0.29) is 11.8 Å². The third-order valence-corrected chi connectivity index (χ3v) is 6.86. The minimum absolute atomic E-state index is 0.0758. The molecule has 0 spiro atoms. The molecule has 0 saturated carbocycles. The second kappa shape index (κ2) is 11.0. The molecule has 0 aliphatic rings. The number of hydrogen-bond acceptors (Lipinski definition) is 5. The third kappa shape index (κ3) is 7.49. The first-order valence-electron chi connectivity index (χ1n) is 9.02. The first-order valence-corrected chi connectivity index (χ1v) is 11.6. The molecule has 0 unspecified atom stereocenters. The van der Waals surface area contributed by atoms with Gasteiger partial charge in [-0.3, -0.25) is 0 Å². The summed E-state index contributed by atoms with van der Waals surface area (Å²) in [5.74, 6) is 0.832. The Morgan fingerprint density at radius 2 is 2.04 bits per heavy atom. The zero-order chi connectivity index (χ0) is 20.4. The van der Waals surface area contributed by atoms with E-state index in [0.29, 0.717) is 25.2 Å². The lowest BCUT2D eigenvalue weighted by Crippen LogP contribution is -2.34. The average molecular weight is 423 g/mol. The Bertz CT molecular complexity index is 860. The zero-order valence-electron chi connectivity index (χ0n) is 16.1.